The van der Waals surface area contributed by atoms with E-state index in [1.165, 1.54) is 17.4 Å². The second-order valence-electron chi connectivity index (χ2n) is 11.3. The van der Waals surface area contributed by atoms with Gasteiger partial charge in [-0.2, -0.15) is 0 Å². The number of rotatable bonds is 14. The maximum absolute atomic E-state index is 13.7. The van der Waals surface area contributed by atoms with Crippen molar-refractivity contribution >= 4 is 35.1 Å². The summed E-state index contributed by atoms with van der Waals surface area (Å²) < 4.78 is 5.72. The molecule has 3 heterocycles. The van der Waals surface area contributed by atoms with Gasteiger partial charge in [0.25, 0.3) is 0 Å². The standard InChI is InChI=1S/C30H43N5O3.C2H4O2S/c1-4-5-13-35(28-7-6-12-31-20-28)30(37)22-34-21-26(24-8-9-29-25(18-24)11-17-38-29)19-27(34)10-14-33(23-36)16-15-32(2)3;1-5-2(3)4/h6-9,12,18,20,23,26-27H,4-5,10-11,13-17,19,21-22H2,1-3H3;1H3,(H,3,4). The molecule has 0 radical (unpaired) electrons. The minimum atomic E-state index is -0.829. The molecule has 1 fully saturated rings. The molecule has 1 saturated heterocycles. The highest BCUT2D eigenvalue weighted by Gasteiger charge is 2.35. The third-order valence-electron chi connectivity index (χ3n) is 7.95. The van der Waals surface area contributed by atoms with Crippen LogP contribution < -0.4 is 9.64 Å². The number of unbranched alkanes of at least 4 members (excludes halogenated alkanes) is 1. The highest BCUT2D eigenvalue weighted by Crippen LogP contribution is 2.36. The predicted molar refractivity (Wildman–Crippen MR) is 172 cm³/mol. The van der Waals surface area contributed by atoms with Crippen molar-refractivity contribution in [1.82, 2.24) is 19.7 Å². The number of hydrogen-bond donors (Lipinski definition) is 1. The summed E-state index contributed by atoms with van der Waals surface area (Å²) in [6, 6.07) is 10.7. The summed E-state index contributed by atoms with van der Waals surface area (Å²) in [5.74, 6) is 1.47. The molecule has 2 amide bonds. The van der Waals surface area contributed by atoms with Gasteiger partial charge in [0, 0.05) is 51.4 Å². The average molecular weight is 614 g/mol. The molecular formula is C32H47N5O5S. The first kappa shape index (κ1) is 34.3. The summed E-state index contributed by atoms with van der Waals surface area (Å²) >= 11 is 0.796. The number of anilines is 1. The van der Waals surface area contributed by atoms with E-state index in [-0.39, 0.29) is 11.9 Å². The molecule has 0 bridgehead atoms. The van der Waals surface area contributed by atoms with Gasteiger partial charge in [-0.25, -0.2) is 4.79 Å². The third-order valence-corrected chi connectivity index (χ3v) is 8.30. The summed E-state index contributed by atoms with van der Waals surface area (Å²) in [5.41, 5.74) is 3.46. The quantitative estimate of drug-likeness (QED) is 0.310. The molecular weight excluding hydrogens is 566 g/mol. The van der Waals surface area contributed by atoms with E-state index in [1.807, 2.05) is 36.0 Å². The monoisotopic (exact) mass is 613 g/mol. The number of likely N-dealkylation sites (N-methyl/N-ethyl adjacent to an activating group) is 1. The van der Waals surface area contributed by atoms with Crippen molar-refractivity contribution in [2.24, 2.45) is 0 Å². The average Bonchev–Trinajstić information content (AvgIpc) is 3.64. The number of pyridine rings is 1. The van der Waals surface area contributed by atoms with Gasteiger partial charge < -0.3 is 24.5 Å². The van der Waals surface area contributed by atoms with Crippen LogP contribution in [0.15, 0.2) is 42.7 Å². The first-order valence-electron chi connectivity index (χ1n) is 15.1. The molecule has 236 valence electrons. The van der Waals surface area contributed by atoms with Gasteiger partial charge in [-0.1, -0.05) is 25.5 Å². The zero-order valence-corrected chi connectivity index (χ0v) is 26.8. The summed E-state index contributed by atoms with van der Waals surface area (Å²) in [7, 11) is 4.04. The van der Waals surface area contributed by atoms with E-state index >= 15 is 0 Å². The summed E-state index contributed by atoms with van der Waals surface area (Å²) in [5, 5.41) is 6.86. The second-order valence-corrected chi connectivity index (χ2v) is 12.1. The van der Waals surface area contributed by atoms with Crippen molar-refractivity contribution < 1.29 is 24.2 Å². The highest BCUT2D eigenvalue weighted by atomic mass is 32.2. The second kappa shape index (κ2) is 17.8. The number of aromatic nitrogens is 1. The third kappa shape index (κ3) is 10.8. The van der Waals surface area contributed by atoms with Gasteiger partial charge in [0.15, 0.2) is 0 Å². The number of amides is 2. The van der Waals surface area contributed by atoms with Crippen LogP contribution in [0.2, 0.25) is 0 Å². The zero-order chi connectivity index (χ0) is 31.2. The Bertz CT molecular complexity index is 1170. The Labute approximate surface area is 260 Å². The van der Waals surface area contributed by atoms with E-state index in [4.69, 9.17) is 9.84 Å². The maximum atomic E-state index is 13.7. The van der Waals surface area contributed by atoms with Gasteiger partial charge in [0.05, 0.1) is 25.0 Å². The Balaban J connectivity index is 0.000000934. The van der Waals surface area contributed by atoms with Crippen LogP contribution in [0, 0.1) is 0 Å². The molecule has 10 nitrogen and oxygen atoms in total. The lowest BCUT2D eigenvalue weighted by molar-refractivity contribution is -0.121. The number of thioether (sulfide) groups is 1. The Morgan fingerprint density at radius 3 is 2.63 bits per heavy atom. The van der Waals surface area contributed by atoms with Crippen molar-refractivity contribution in [2.75, 3.05) is 71.1 Å². The van der Waals surface area contributed by atoms with Gasteiger partial charge >= 0.3 is 5.30 Å². The molecule has 1 aromatic carbocycles. The molecule has 2 unspecified atom stereocenters. The number of carboxylic acid groups (broad SMARTS) is 1. The molecule has 1 N–H and O–H groups in total. The van der Waals surface area contributed by atoms with Crippen molar-refractivity contribution in [1.29, 1.82) is 0 Å². The molecule has 4 rings (SSSR count). The normalized spacial score (nSPS) is 17.5. The van der Waals surface area contributed by atoms with Crippen molar-refractivity contribution in [2.45, 2.75) is 51.0 Å². The van der Waals surface area contributed by atoms with E-state index in [2.05, 4.69) is 39.9 Å². The smallest absolute Gasteiger partial charge is 0.364 e. The predicted octanol–water partition coefficient (Wildman–Crippen LogP) is 4.45. The lowest BCUT2D eigenvalue weighted by Gasteiger charge is -2.29. The topological polar surface area (TPSA) is 107 Å². The minimum absolute atomic E-state index is 0.110. The summed E-state index contributed by atoms with van der Waals surface area (Å²) in [4.78, 5) is 47.2. The van der Waals surface area contributed by atoms with Gasteiger partial charge in [0.2, 0.25) is 12.3 Å². The van der Waals surface area contributed by atoms with E-state index in [0.29, 0.717) is 32.1 Å². The molecule has 1 aromatic heterocycles. The first-order chi connectivity index (χ1) is 20.7. The van der Waals surface area contributed by atoms with Crippen LogP contribution in [-0.2, 0) is 16.0 Å². The van der Waals surface area contributed by atoms with Gasteiger partial charge in [-0.15, -0.1) is 0 Å². The lowest BCUT2D eigenvalue weighted by Crippen LogP contribution is -2.44. The lowest BCUT2D eigenvalue weighted by atomic mass is 9.93. The summed E-state index contributed by atoms with van der Waals surface area (Å²) in [6.07, 6.45) is 10.8. The fourth-order valence-corrected chi connectivity index (χ4v) is 5.53. The minimum Gasteiger partial charge on any atom is -0.493 e. The van der Waals surface area contributed by atoms with E-state index in [1.54, 1.807) is 12.4 Å². The fraction of sp³-hybridized carbons (Fsp3) is 0.562. The number of carbonyl (C=O) groups excluding carboxylic acids is 2. The Morgan fingerprint density at radius 1 is 1.19 bits per heavy atom. The molecule has 0 spiro atoms. The van der Waals surface area contributed by atoms with Crippen LogP contribution in [0.1, 0.15) is 49.7 Å². The fourth-order valence-electron chi connectivity index (χ4n) is 5.53. The van der Waals surface area contributed by atoms with E-state index in [0.717, 1.165) is 81.4 Å². The number of carbonyl (C=O) groups is 3. The van der Waals surface area contributed by atoms with Crippen LogP contribution in [0.5, 0.6) is 5.75 Å². The molecule has 2 aromatic rings. The zero-order valence-electron chi connectivity index (χ0n) is 26.0. The van der Waals surface area contributed by atoms with Gasteiger partial charge in [0.1, 0.15) is 5.75 Å². The Morgan fingerprint density at radius 2 is 1.98 bits per heavy atom. The first-order valence-corrected chi connectivity index (χ1v) is 16.3. The number of likely N-dealkylation sites (tertiary alicyclic amines) is 1. The molecule has 11 heteroatoms. The number of benzene rings is 1. The SMILES string of the molecule is CCCCN(C(=O)CN1CC(c2ccc3c(c2)CCO3)CC1CCN(C=O)CCN(C)C)c1cccnc1.CSC(=O)O. The van der Waals surface area contributed by atoms with Gasteiger partial charge in [-0.05, 0) is 86.6 Å². The van der Waals surface area contributed by atoms with Crippen molar-refractivity contribution in [3.8, 4) is 5.75 Å². The van der Waals surface area contributed by atoms with E-state index < -0.39 is 5.30 Å². The van der Waals surface area contributed by atoms with Crippen LogP contribution in [0.4, 0.5) is 10.5 Å². The largest absolute Gasteiger partial charge is 0.493 e. The van der Waals surface area contributed by atoms with Crippen LogP contribution >= 0.6 is 11.8 Å². The molecule has 2 atom stereocenters. The van der Waals surface area contributed by atoms with Crippen LogP contribution in [0.3, 0.4) is 0 Å². The number of fused-ring (bicyclic) bond motifs is 1. The van der Waals surface area contributed by atoms with E-state index in [9.17, 15) is 14.4 Å². The number of hydrogen-bond acceptors (Lipinski definition) is 8. The molecule has 2 aliphatic heterocycles. The van der Waals surface area contributed by atoms with Crippen LogP contribution in [-0.4, -0.2) is 115 Å². The van der Waals surface area contributed by atoms with Gasteiger partial charge in [-0.3, -0.25) is 19.5 Å². The molecule has 2 aliphatic rings. The molecule has 0 saturated carbocycles. The Kier molecular flexibility index (Phi) is 14.3. The molecule has 43 heavy (non-hydrogen) atoms. The van der Waals surface area contributed by atoms with Crippen molar-refractivity contribution in [3.05, 3.63) is 53.9 Å². The van der Waals surface area contributed by atoms with Crippen LogP contribution in [0.25, 0.3) is 0 Å². The highest BCUT2D eigenvalue weighted by molar-refractivity contribution is 8.12. The van der Waals surface area contributed by atoms with Crippen molar-refractivity contribution in [3.63, 3.8) is 0 Å². The maximum Gasteiger partial charge on any atom is 0.364 e. The summed E-state index contributed by atoms with van der Waals surface area (Å²) in [6.45, 7) is 7.03. The number of ether oxygens (including phenoxy) is 1. The number of nitrogens with zero attached hydrogens (tertiary/aromatic N) is 5. The molecule has 0 aliphatic carbocycles. The Hall–Kier alpha value is -3.15.